The van der Waals surface area contributed by atoms with Gasteiger partial charge in [0.25, 0.3) is 11.8 Å². The van der Waals surface area contributed by atoms with E-state index in [1.165, 1.54) is 6.07 Å². The third kappa shape index (κ3) is 7.21. The summed E-state index contributed by atoms with van der Waals surface area (Å²) in [6, 6.07) is 10.9. The highest BCUT2D eigenvalue weighted by Gasteiger charge is 2.34. The smallest absolute Gasteiger partial charge is 0.410 e. The molecule has 1 N–H and O–H groups in total. The highest BCUT2D eigenvalue weighted by molar-refractivity contribution is 5.94. The second-order valence-corrected chi connectivity index (χ2v) is 10.3. The summed E-state index contributed by atoms with van der Waals surface area (Å²) in [7, 11) is 3.24. The molecule has 0 spiro atoms. The maximum Gasteiger partial charge on any atom is 0.410 e. The van der Waals surface area contributed by atoms with Crippen LogP contribution in [0.1, 0.15) is 61.2 Å². The first-order valence-electron chi connectivity index (χ1n) is 12.4. The fourth-order valence-electron chi connectivity index (χ4n) is 4.13. The Morgan fingerprint density at radius 2 is 1.70 bits per heavy atom. The number of likely N-dealkylation sites (N-methyl/N-ethyl adjacent to an activating group) is 1. The lowest BCUT2D eigenvalue weighted by Gasteiger charge is -2.38. The number of nitrogens with one attached hydrogen (secondary N) is 1. The molecule has 3 rings (SSSR count). The Morgan fingerprint density at radius 3 is 2.24 bits per heavy atom. The van der Waals surface area contributed by atoms with E-state index in [1.807, 2.05) is 20.8 Å². The summed E-state index contributed by atoms with van der Waals surface area (Å²) in [5, 5.41) is 2.55. The topological polar surface area (TPSA) is 88.2 Å². The first-order valence-corrected chi connectivity index (χ1v) is 12.4. The van der Waals surface area contributed by atoms with E-state index in [-0.39, 0.29) is 23.9 Å². The summed E-state index contributed by atoms with van der Waals surface area (Å²) in [6.07, 6.45) is -0.291. The van der Waals surface area contributed by atoms with Crippen LogP contribution in [0.3, 0.4) is 0 Å². The predicted octanol–water partition coefficient (Wildman–Crippen LogP) is 4.47. The molecule has 8 nitrogen and oxygen atoms in total. The minimum atomic E-state index is -1.09. The van der Waals surface area contributed by atoms with Crippen LogP contribution in [0.4, 0.5) is 9.18 Å². The van der Waals surface area contributed by atoms with Gasteiger partial charge in [-0.3, -0.25) is 9.59 Å². The average molecular weight is 514 g/mol. The normalized spacial score (nSPS) is 15.1. The SMILES string of the molecule is CNC(=O)c1ccc(O[C@H](C(=O)N(C)C2CCN(C(=O)OC(C)(C)C)CC2)c2ccc(C)c(F)c2)cc1. The third-order valence-corrected chi connectivity index (χ3v) is 6.33. The van der Waals surface area contributed by atoms with Crippen LogP contribution in [-0.2, 0) is 9.53 Å². The van der Waals surface area contributed by atoms with Gasteiger partial charge in [0.1, 0.15) is 17.2 Å². The van der Waals surface area contributed by atoms with Gasteiger partial charge in [0, 0.05) is 44.4 Å². The van der Waals surface area contributed by atoms with Crippen LogP contribution < -0.4 is 10.1 Å². The highest BCUT2D eigenvalue weighted by Crippen LogP contribution is 2.28. The number of carbonyl (C=O) groups is 3. The van der Waals surface area contributed by atoms with Crippen molar-refractivity contribution in [3.05, 3.63) is 65.0 Å². The highest BCUT2D eigenvalue weighted by atomic mass is 19.1. The van der Waals surface area contributed by atoms with Crippen molar-refractivity contribution in [2.24, 2.45) is 0 Å². The van der Waals surface area contributed by atoms with E-state index in [9.17, 15) is 18.8 Å². The predicted molar refractivity (Wildman–Crippen MR) is 138 cm³/mol. The molecule has 1 heterocycles. The van der Waals surface area contributed by atoms with Crippen LogP contribution in [0.2, 0.25) is 0 Å². The van der Waals surface area contributed by atoms with Gasteiger partial charge in [-0.15, -0.1) is 0 Å². The van der Waals surface area contributed by atoms with Crippen LogP contribution in [-0.4, -0.2) is 66.5 Å². The minimum absolute atomic E-state index is 0.122. The second-order valence-electron chi connectivity index (χ2n) is 10.3. The number of hydrogen-bond acceptors (Lipinski definition) is 5. The molecule has 1 atom stereocenters. The van der Waals surface area contributed by atoms with Gasteiger partial charge in [0.15, 0.2) is 0 Å². The summed E-state index contributed by atoms with van der Waals surface area (Å²) < 4.78 is 26.0. The molecule has 3 amide bonds. The van der Waals surface area contributed by atoms with Crippen molar-refractivity contribution in [3.8, 4) is 5.75 Å². The van der Waals surface area contributed by atoms with E-state index in [0.717, 1.165) is 0 Å². The molecule has 37 heavy (non-hydrogen) atoms. The average Bonchev–Trinajstić information content (AvgIpc) is 2.87. The number of halogens is 1. The quantitative estimate of drug-likeness (QED) is 0.616. The van der Waals surface area contributed by atoms with Gasteiger partial charge in [-0.25, -0.2) is 9.18 Å². The van der Waals surface area contributed by atoms with Crippen molar-refractivity contribution >= 4 is 17.9 Å². The van der Waals surface area contributed by atoms with Gasteiger partial charge >= 0.3 is 6.09 Å². The number of piperidine rings is 1. The van der Waals surface area contributed by atoms with Crippen LogP contribution in [0, 0.1) is 12.7 Å². The van der Waals surface area contributed by atoms with Crippen molar-refractivity contribution in [2.45, 2.75) is 58.3 Å². The van der Waals surface area contributed by atoms with Crippen molar-refractivity contribution in [1.82, 2.24) is 15.1 Å². The number of hydrogen-bond donors (Lipinski definition) is 1. The van der Waals surface area contributed by atoms with E-state index in [1.54, 1.807) is 67.2 Å². The van der Waals surface area contributed by atoms with Gasteiger partial charge in [-0.2, -0.15) is 0 Å². The van der Waals surface area contributed by atoms with Crippen molar-refractivity contribution in [2.75, 3.05) is 27.2 Å². The molecule has 1 fully saturated rings. The van der Waals surface area contributed by atoms with Crippen LogP contribution in [0.5, 0.6) is 5.75 Å². The number of likely N-dealkylation sites (tertiary alicyclic amines) is 1. The van der Waals surface area contributed by atoms with E-state index in [2.05, 4.69) is 5.32 Å². The number of carbonyl (C=O) groups excluding carboxylic acids is 3. The van der Waals surface area contributed by atoms with Crippen molar-refractivity contribution < 1.29 is 28.2 Å². The standard InChI is InChI=1S/C28H36FN3O5/c1-18-7-8-20(17-23(18)29)24(36-22-11-9-19(10-12-22)25(33)30-5)26(34)31(6)21-13-15-32(16-14-21)27(35)37-28(2,3)4/h7-12,17,21,24H,13-16H2,1-6H3,(H,30,33)/t24-/m0/s1. The summed E-state index contributed by atoms with van der Waals surface area (Å²) in [6.45, 7) is 8.04. The molecule has 0 saturated carbocycles. The zero-order valence-corrected chi connectivity index (χ0v) is 22.3. The summed E-state index contributed by atoms with van der Waals surface area (Å²) in [5.41, 5.74) is 0.731. The molecule has 0 aromatic heterocycles. The molecule has 0 unspecified atom stereocenters. The number of aryl methyl sites for hydroxylation is 1. The summed E-state index contributed by atoms with van der Waals surface area (Å²) in [5.74, 6) is -0.617. The number of ether oxygens (including phenoxy) is 2. The first-order chi connectivity index (χ1) is 17.4. The van der Waals surface area contributed by atoms with Gasteiger partial charge < -0.3 is 24.6 Å². The molecular formula is C28H36FN3O5. The Hall–Kier alpha value is -3.62. The van der Waals surface area contributed by atoms with Crippen LogP contribution in [0.25, 0.3) is 0 Å². The van der Waals surface area contributed by atoms with Crippen molar-refractivity contribution in [3.63, 3.8) is 0 Å². The molecule has 0 radical (unpaired) electrons. The molecule has 0 aliphatic carbocycles. The fourth-order valence-corrected chi connectivity index (χ4v) is 4.13. The maximum atomic E-state index is 14.4. The molecule has 1 aliphatic rings. The lowest BCUT2D eigenvalue weighted by molar-refractivity contribution is -0.140. The first kappa shape index (κ1) is 28.0. The molecule has 0 bridgehead atoms. The third-order valence-electron chi connectivity index (χ3n) is 6.33. The molecule has 2 aromatic carbocycles. The van der Waals surface area contributed by atoms with Gasteiger partial charge in [0.05, 0.1) is 0 Å². The monoisotopic (exact) mass is 513 g/mol. The van der Waals surface area contributed by atoms with E-state index in [0.29, 0.717) is 48.4 Å². The Bertz CT molecular complexity index is 1120. The van der Waals surface area contributed by atoms with Gasteiger partial charge in [-0.05, 0) is 76.4 Å². The Balaban J connectivity index is 1.77. The van der Waals surface area contributed by atoms with Gasteiger partial charge in [0.2, 0.25) is 6.10 Å². The number of rotatable bonds is 6. The maximum absolute atomic E-state index is 14.4. The Kier molecular flexibility index (Phi) is 8.78. The van der Waals surface area contributed by atoms with Crippen molar-refractivity contribution in [1.29, 1.82) is 0 Å². The lowest BCUT2D eigenvalue weighted by atomic mass is 10.0. The molecule has 200 valence electrons. The zero-order chi connectivity index (χ0) is 27.3. The number of nitrogens with zero attached hydrogens (tertiary/aromatic N) is 2. The minimum Gasteiger partial charge on any atom is -0.476 e. The van der Waals surface area contributed by atoms with Gasteiger partial charge in [-0.1, -0.05) is 12.1 Å². The zero-order valence-electron chi connectivity index (χ0n) is 22.3. The second kappa shape index (κ2) is 11.6. The molecule has 1 aliphatic heterocycles. The molecule has 1 saturated heterocycles. The number of amides is 3. The molecule has 9 heteroatoms. The number of benzene rings is 2. The molecular weight excluding hydrogens is 477 g/mol. The Morgan fingerprint density at radius 1 is 1.08 bits per heavy atom. The summed E-state index contributed by atoms with van der Waals surface area (Å²) >= 11 is 0. The lowest BCUT2D eigenvalue weighted by Crippen LogP contribution is -2.49. The Labute approximate surface area is 217 Å². The van der Waals surface area contributed by atoms with E-state index < -0.39 is 17.5 Å². The largest absolute Gasteiger partial charge is 0.476 e. The van der Waals surface area contributed by atoms with E-state index >= 15 is 0 Å². The van der Waals surface area contributed by atoms with Crippen LogP contribution >= 0.6 is 0 Å². The van der Waals surface area contributed by atoms with Crippen LogP contribution in [0.15, 0.2) is 42.5 Å². The van der Waals surface area contributed by atoms with E-state index in [4.69, 9.17) is 9.47 Å². The molecule has 2 aromatic rings. The summed E-state index contributed by atoms with van der Waals surface area (Å²) in [4.78, 5) is 41.2. The fraction of sp³-hybridized carbons (Fsp3) is 0.464.